The molecule has 1 aliphatic rings. The molecular weight excluding hydrogens is 218 g/mol. The zero-order valence-electron chi connectivity index (χ0n) is 8.76. The molecule has 0 aliphatic carbocycles. The van der Waals surface area contributed by atoms with Crippen molar-refractivity contribution >= 4 is 15.7 Å². The van der Waals surface area contributed by atoms with Crippen molar-refractivity contribution in [1.29, 1.82) is 0 Å². The van der Waals surface area contributed by atoms with Crippen LogP contribution in [0.25, 0.3) is 0 Å². The molecule has 7 heteroatoms. The molecule has 88 valence electrons. The molecule has 1 atom stereocenters. The zero-order chi connectivity index (χ0) is 11.5. The average Bonchev–Trinajstić information content (AvgIpc) is 2.20. The fraction of sp³-hybridized carbons (Fsp3) is 0.875. The lowest BCUT2D eigenvalue weighted by molar-refractivity contribution is 0.271. The molecule has 1 saturated heterocycles. The molecule has 0 aromatic rings. The molecule has 15 heavy (non-hydrogen) atoms. The van der Waals surface area contributed by atoms with Gasteiger partial charge in [-0.05, 0) is 0 Å². The summed E-state index contributed by atoms with van der Waals surface area (Å²) in [6, 6.07) is 0. The fourth-order valence-electron chi connectivity index (χ4n) is 1.51. The van der Waals surface area contributed by atoms with Gasteiger partial charge in [-0.25, -0.2) is 8.42 Å². The van der Waals surface area contributed by atoms with E-state index in [4.69, 9.17) is 10.9 Å². The molecule has 0 aromatic heterocycles. The molecular formula is C8H17N3O3S. The first-order valence-electron chi connectivity index (χ1n) is 4.85. The van der Waals surface area contributed by atoms with Crippen LogP contribution in [0.5, 0.6) is 0 Å². The van der Waals surface area contributed by atoms with E-state index in [-0.39, 0.29) is 23.3 Å². The van der Waals surface area contributed by atoms with Crippen molar-refractivity contribution in [1.82, 2.24) is 4.90 Å². The zero-order valence-corrected chi connectivity index (χ0v) is 9.57. The summed E-state index contributed by atoms with van der Waals surface area (Å²) < 4.78 is 22.3. The third-order valence-corrected chi connectivity index (χ3v) is 4.20. The predicted molar refractivity (Wildman–Crippen MR) is 57.7 cm³/mol. The van der Waals surface area contributed by atoms with Gasteiger partial charge in [-0.1, -0.05) is 12.1 Å². The first kappa shape index (κ1) is 12.3. The van der Waals surface area contributed by atoms with Crippen molar-refractivity contribution in [3.63, 3.8) is 0 Å². The van der Waals surface area contributed by atoms with Gasteiger partial charge in [0.25, 0.3) is 0 Å². The molecule has 6 nitrogen and oxygen atoms in total. The third kappa shape index (κ3) is 3.67. The topological polar surface area (TPSA) is 96.0 Å². The Balaban J connectivity index is 2.42. The number of hydrogen-bond donors (Lipinski definition) is 2. The van der Waals surface area contributed by atoms with Crippen molar-refractivity contribution in [3.8, 4) is 0 Å². The Morgan fingerprint density at radius 2 is 2.07 bits per heavy atom. The summed E-state index contributed by atoms with van der Waals surface area (Å²) in [5.41, 5.74) is 5.44. The smallest absolute Gasteiger partial charge is 0.152 e. The van der Waals surface area contributed by atoms with Gasteiger partial charge >= 0.3 is 0 Å². The first-order chi connectivity index (χ1) is 6.94. The summed E-state index contributed by atoms with van der Waals surface area (Å²) in [6.07, 6.45) is 0. The molecule has 3 N–H and O–H groups in total. The number of nitrogens with zero attached hydrogens (tertiary/aromatic N) is 2. The quantitative estimate of drug-likeness (QED) is 0.286. The summed E-state index contributed by atoms with van der Waals surface area (Å²) >= 11 is 0. The van der Waals surface area contributed by atoms with Gasteiger partial charge in [-0.15, -0.1) is 0 Å². The van der Waals surface area contributed by atoms with E-state index >= 15 is 0 Å². The lowest BCUT2D eigenvalue weighted by Gasteiger charge is -2.28. The van der Waals surface area contributed by atoms with Gasteiger partial charge in [0.15, 0.2) is 9.84 Å². The number of nitrogens with two attached hydrogens (primary N) is 1. The molecule has 0 amide bonds. The van der Waals surface area contributed by atoms with Gasteiger partial charge in [0.2, 0.25) is 0 Å². The second-order valence-electron chi connectivity index (χ2n) is 3.88. The summed E-state index contributed by atoms with van der Waals surface area (Å²) in [7, 11) is -2.83. The van der Waals surface area contributed by atoms with Gasteiger partial charge in [0, 0.05) is 25.6 Å². The van der Waals surface area contributed by atoms with E-state index in [1.807, 2.05) is 11.8 Å². The number of amidine groups is 1. The molecule has 1 aliphatic heterocycles. The monoisotopic (exact) mass is 235 g/mol. The number of oxime groups is 1. The van der Waals surface area contributed by atoms with E-state index in [2.05, 4.69) is 5.16 Å². The largest absolute Gasteiger partial charge is 0.409 e. The highest BCUT2D eigenvalue weighted by Gasteiger charge is 2.23. The van der Waals surface area contributed by atoms with E-state index in [0.29, 0.717) is 19.6 Å². The maximum atomic E-state index is 11.2. The van der Waals surface area contributed by atoms with Crippen LogP contribution >= 0.6 is 0 Å². The Morgan fingerprint density at radius 3 is 2.53 bits per heavy atom. The first-order valence-corrected chi connectivity index (χ1v) is 6.67. The van der Waals surface area contributed by atoms with Crippen molar-refractivity contribution in [2.24, 2.45) is 16.8 Å². The highest BCUT2D eigenvalue weighted by Crippen LogP contribution is 2.07. The Bertz CT molecular complexity index is 325. The van der Waals surface area contributed by atoms with E-state index in [0.717, 1.165) is 0 Å². The van der Waals surface area contributed by atoms with E-state index in [9.17, 15) is 8.42 Å². The van der Waals surface area contributed by atoms with Crippen molar-refractivity contribution in [2.45, 2.75) is 6.92 Å². The van der Waals surface area contributed by atoms with E-state index < -0.39 is 9.84 Å². The number of rotatable bonds is 3. The molecule has 1 fully saturated rings. The second-order valence-corrected chi connectivity index (χ2v) is 6.18. The second kappa shape index (κ2) is 4.80. The molecule has 1 heterocycles. The molecule has 0 aromatic carbocycles. The third-order valence-electron chi connectivity index (χ3n) is 2.59. The molecule has 0 spiro atoms. The van der Waals surface area contributed by atoms with Crippen molar-refractivity contribution in [3.05, 3.63) is 0 Å². The fourth-order valence-corrected chi connectivity index (χ4v) is 2.79. The molecule has 0 bridgehead atoms. The lowest BCUT2D eigenvalue weighted by Crippen LogP contribution is -2.44. The lowest BCUT2D eigenvalue weighted by atomic mass is 10.1. The van der Waals surface area contributed by atoms with Crippen LogP contribution in [-0.2, 0) is 9.84 Å². The van der Waals surface area contributed by atoms with E-state index in [1.165, 1.54) is 0 Å². The Kier molecular flexibility index (Phi) is 3.92. The average molecular weight is 235 g/mol. The highest BCUT2D eigenvalue weighted by molar-refractivity contribution is 7.91. The van der Waals surface area contributed by atoms with Crippen LogP contribution in [0, 0.1) is 5.92 Å². The van der Waals surface area contributed by atoms with Crippen LogP contribution in [0.2, 0.25) is 0 Å². The molecule has 1 rings (SSSR count). The van der Waals surface area contributed by atoms with Crippen LogP contribution in [0.1, 0.15) is 6.92 Å². The van der Waals surface area contributed by atoms with Crippen molar-refractivity contribution < 1.29 is 13.6 Å². The summed E-state index contributed by atoms with van der Waals surface area (Å²) in [6.45, 7) is 3.54. The standard InChI is InChI=1S/C8H17N3O3S/c1-7(8(9)10-12)6-11-2-4-15(13,14)5-3-11/h7,12H,2-6H2,1H3,(H2,9,10). The minimum Gasteiger partial charge on any atom is -0.409 e. The van der Waals surface area contributed by atoms with Gasteiger partial charge in [0.05, 0.1) is 11.5 Å². The van der Waals surface area contributed by atoms with Crippen LogP contribution < -0.4 is 5.73 Å². The Hall–Kier alpha value is -0.820. The molecule has 1 unspecified atom stereocenters. The van der Waals surface area contributed by atoms with Crippen LogP contribution in [0.3, 0.4) is 0 Å². The minimum absolute atomic E-state index is 0.0594. The van der Waals surface area contributed by atoms with Gasteiger partial charge < -0.3 is 15.8 Å². The maximum Gasteiger partial charge on any atom is 0.152 e. The van der Waals surface area contributed by atoms with Gasteiger partial charge in [-0.2, -0.15) is 0 Å². The van der Waals surface area contributed by atoms with Gasteiger partial charge in [-0.3, -0.25) is 0 Å². The molecule has 0 saturated carbocycles. The maximum absolute atomic E-state index is 11.2. The minimum atomic E-state index is -2.83. The number of sulfone groups is 1. The van der Waals surface area contributed by atoms with Crippen molar-refractivity contribution in [2.75, 3.05) is 31.1 Å². The predicted octanol–water partition coefficient (Wildman–Crippen LogP) is -0.901. The summed E-state index contributed by atoms with van der Waals surface area (Å²) in [5, 5.41) is 11.4. The van der Waals surface area contributed by atoms with Gasteiger partial charge in [0.1, 0.15) is 5.84 Å². The number of hydrogen-bond acceptors (Lipinski definition) is 5. The van der Waals surface area contributed by atoms with Crippen LogP contribution in [0.4, 0.5) is 0 Å². The Morgan fingerprint density at radius 1 is 1.53 bits per heavy atom. The Labute approximate surface area is 89.7 Å². The SMILES string of the molecule is CC(CN1CCS(=O)(=O)CC1)/C(N)=N/O. The highest BCUT2D eigenvalue weighted by atomic mass is 32.2. The normalized spacial score (nSPS) is 25.0. The molecule has 0 radical (unpaired) electrons. The van der Waals surface area contributed by atoms with E-state index in [1.54, 1.807) is 0 Å². The van der Waals surface area contributed by atoms with Crippen LogP contribution in [-0.4, -0.2) is 55.5 Å². The summed E-state index contributed by atoms with van der Waals surface area (Å²) in [4.78, 5) is 2.02. The summed E-state index contributed by atoms with van der Waals surface area (Å²) in [5.74, 6) is 0.533. The van der Waals surface area contributed by atoms with Crippen LogP contribution in [0.15, 0.2) is 5.16 Å².